The zero-order chi connectivity index (χ0) is 20.4. The molecule has 29 heavy (non-hydrogen) atoms. The largest absolute Gasteiger partial charge is 0.349 e. The van der Waals surface area contributed by atoms with Gasteiger partial charge < -0.3 is 5.32 Å². The van der Waals surface area contributed by atoms with Gasteiger partial charge in [-0.3, -0.25) is 14.9 Å². The molecule has 1 aliphatic carbocycles. The molecule has 0 spiro atoms. The number of rotatable bonds is 5. The van der Waals surface area contributed by atoms with Crippen molar-refractivity contribution in [1.29, 1.82) is 0 Å². The van der Waals surface area contributed by atoms with E-state index in [1.165, 1.54) is 11.3 Å². The van der Waals surface area contributed by atoms with Crippen molar-refractivity contribution in [3.8, 4) is 0 Å². The Labute approximate surface area is 174 Å². The van der Waals surface area contributed by atoms with Crippen molar-refractivity contribution in [3.05, 3.63) is 81.9 Å². The molecule has 0 bridgehead atoms. The van der Waals surface area contributed by atoms with Crippen LogP contribution in [0.1, 0.15) is 57.4 Å². The smallest absolute Gasteiger partial charge is 0.257 e. The minimum atomic E-state index is -0.266. The predicted octanol–water partition coefficient (Wildman–Crippen LogP) is 4.61. The number of nitrogens with one attached hydrogen (secondary N) is 2. The van der Waals surface area contributed by atoms with Gasteiger partial charge in [0.15, 0.2) is 5.13 Å². The van der Waals surface area contributed by atoms with Gasteiger partial charge in [-0.05, 0) is 44.4 Å². The van der Waals surface area contributed by atoms with Crippen molar-refractivity contribution < 1.29 is 9.59 Å². The second-order valence-electron chi connectivity index (χ2n) is 7.38. The van der Waals surface area contributed by atoms with Gasteiger partial charge in [-0.1, -0.05) is 48.0 Å². The predicted molar refractivity (Wildman–Crippen MR) is 115 cm³/mol. The van der Waals surface area contributed by atoms with Gasteiger partial charge in [-0.25, -0.2) is 4.98 Å². The van der Waals surface area contributed by atoms with Crippen molar-refractivity contribution in [3.63, 3.8) is 0 Å². The Balaban J connectivity index is 1.44. The van der Waals surface area contributed by atoms with E-state index >= 15 is 0 Å². The number of carbonyl (C=O) groups is 2. The fourth-order valence-corrected chi connectivity index (χ4v) is 4.58. The fourth-order valence-electron chi connectivity index (χ4n) is 3.55. The first-order valence-electron chi connectivity index (χ1n) is 9.74. The molecule has 1 heterocycles. The van der Waals surface area contributed by atoms with Gasteiger partial charge in [0, 0.05) is 10.4 Å². The number of aryl methyl sites for hydroxylation is 2. The summed E-state index contributed by atoms with van der Waals surface area (Å²) in [6, 6.07) is 17.3. The third kappa shape index (κ3) is 4.22. The Morgan fingerprint density at radius 1 is 1.10 bits per heavy atom. The molecule has 6 heteroatoms. The zero-order valence-electron chi connectivity index (χ0n) is 16.4. The second kappa shape index (κ2) is 8.17. The lowest BCUT2D eigenvalue weighted by Crippen LogP contribution is -2.31. The number of fused-ring (bicyclic) bond motifs is 1. The van der Waals surface area contributed by atoms with Crippen LogP contribution >= 0.6 is 11.3 Å². The highest BCUT2D eigenvalue weighted by Gasteiger charge is 2.33. The zero-order valence-corrected chi connectivity index (χ0v) is 17.3. The normalized spacial score (nSPS) is 16.1. The molecule has 2 amide bonds. The van der Waals surface area contributed by atoms with Gasteiger partial charge in [0.05, 0.1) is 17.7 Å². The average molecular weight is 406 g/mol. The van der Waals surface area contributed by atoms with Crippen LogP contribution in [-0.2, 0) is 11.2 Å². The van der Waals surface area contributed by atoms with Gasteiger partial charge in [-0.15, -0.1) is 11.3 Å². The standard InChI is InChI=1S/C23H23N3O2S/c1-14-8-10-17(11-9-14)21(27)26-23-25-20-18(12-13-19(20)29-23)22(28)24-15(2)16-6-4-3-5-7-16/h3-11,15,18H,12-13H2,1-2H3,(H,24,28)(H,25,26,27). The third-order valence-corrected chi connectivity index (χ3v) is 6.27. The number of carbonyl (C=O) groups excluding carboxylic acids is 2. The number of nitrogens with zero attached hydrogens (tertiary/aromatic N) is 1. The van der Waals surface area contributed by atoms with Crippen LogP contribution in [0.15, 0.2) is 54.6 Å². The van der Waals surface area contributed by atoms with E-state index < -0.39 is 0 Å². The number of anilines is 1. The van der Waals surface area contributed by atoms with E-state index in [0.29, 0.717) is 10.7 Å². The molecule has 2 aromatic carbocycles. The molecular formula is C23H23N3O2S. The maximum absolute atomic E-state index is 12.8. The van der Waals surface area contributed by atoms with Crippen LogP contribution in [0.4, 0.5) is 5.13 Å². The molecule has 2 atom stereocenters. The Hall–Kier alpha value is -2.99. The van der Waals surface area contributed by atoms with E-state index in [1.54, 1.807) is 12.1 Å². The second-order valence-corrected chi connectivity index (χ2v) is 8.46. The summed E-state index contributed by atoms with van der Waals surface area (Å²) in [7, 11) is 0. The number of benzene rings is 2. The summed E-state index contributed by atoms with van der Waals surface area (Å²) in [5.41, 5.74) is 3.57. The number of amides is 2. The van der Waals surface area contributed by atoms with Crippen molar-refractivity contribution in [2.75, 3.05) is 5.32 Å². The quantitative estimate of drug-likeness (QED) is 0.651. The molecule has 4 rings (SSSR count). The lowest BCUT2D eigenvalue weighted by atomic mass is 10.0. The van der Waals surface area contributed by atoms with Crippen LogP contribution in [0.5, 0.6) is 0 Å². The molecule has 0 fully saturated rings. The van der Waals surface area contributed by atoms with E-state index in [-0.39, 0.29) is 23.8 Å². The van der Waals surface area contributed by atoms with Crippen LogP contribution in [-0.4, -0.2) is 16.8 Å². The van der Waals surface area contributed by atoms with Crippen molar-refractivity contribution in [2.24, 2.45) is 0 Å². The van der Waals surface area contributed by atoms with E-state index in [4.69, 9.17) is 0 Å². The maximum Gasteiger partial charge on any atom is 0.257 e. The van der Waals surface area contributed by atoms with E-state index in [9.17, 15) is 9.59 Å². The van der Waals surface area contributed by atoms with Crippen LogP contribution in [0.25, 0.3) is 0 Å². The maximum atomic E-state index is 12.8. The van der Waals surface area contributed by atoms with Gasteiger partial charge in [-0.2, -0.15) is 0 Å². The van der Waals surface area contributed by atoms with Crippen LogP contribution in [0.3, 0.4) is 0 Å². The molecule has 1 aromatic heterocycles. The summed E-state index contributed by atoms with van der Waals surface area (Å²) in [5, 5.41) is 6.52. The topological polar surface area (TPSA) is 71.1 Å². The van der Waals surface area contributed by atoms with Crippen molar-refractivity contribution in [1.82, 2.24) is 10.3 Å². The number of hydrogen-bond donors (Lipinski definition) is 2. The van der Waals surface area contributed by atoms with Gasteiger partial charge in [0.2, 0.25) is 5.91 Å². The first kappa shape index (κ1) is 19.3. The Bertz CT molecular complexity index is 1030. The highest BCUT2D eigenvalue weighted by molar-refractivity contribution is 7.16. The molecule has 0 saturated carbocycles. The summed E-state index contributed by atoms with van der Waals surface area (Å²) in [4.78, 5) is 31.0. The van der Waals surface area contributed by atoms with Crippen molar-refractivity contribution >= 4 is 28.3 Å². The number of thiazole rings is 1. The van der Waals surface area contributed by atoms with E-state index in [0.717, 1.165) is 34.5 Å². The Morgan fingerprint density at radius 3 is 2.55 bits per heavy atom. The summed E-state index contributed by atoms with van der Waals surface area (Å²) in [6.07, 6.45) is 1.57. The first-order valence-corrected chi connectivity index (χ1v) is 10.6. The third-order valence-electron chi connectivity index (χ3n) is 5.23. The van der Waals surface area contributed by atoms with E-state index in [2.05, 4.69) is 15.6 Å². The highest BCUT2D eigenvalue weighted by Crippen LogP contribution is 2.38. The molecule has 0 aliphatic heterocycles. The summed E-state index contributed by atoms with van der Waals surface area (Å²) >= 11 is 1.46. The summed E-state index contributed by atoms with van der Waals surface area (Å²) in [6.45, 7) is 3.97. The monoisotopic (exact) mass is 405 g/mol. The highest BCUT2D eigenvalue weighted by atomic mass is 32.1. The molecule has 148 valence electrons. The fraction of sp³-hybridized carbons (Fsp3) is 0.261. The first-order chi connectivity index (χ1) is 14.0. The lowest BCUT2D eigenvalue weighted by molar-refractivity contribution is -0.123. The lowest BCUT2D eigenvalue weighted by Gasteiger charge is -2.17. The molecule has 2 unspecified atom stereocenters. The van der Waals surface area contributed by atoms with Crippen LogP contribution in [0, 0.1) is 6.92 Å². The molecule has 0 radical (unpaired) electrons. The summed E-state index contributed by atoms with van der Waals surface area (Å²) < 4.78 is 0. The molecule has 0 saturated heterocycles. The molecular weight excluding hydrogens is 382 g/mol. The van der Waals surface area contributed by atoms with Crippen LogP contribution < -0.4 is 10.6 Å². The minimum absolute atomic E-state index is 0.0122. The summed E-state index contributed by atoms with van der Waals surface area (Å²) in [5.74, 6) is -0.463. The minimum Gasteiger partial charge on any atom is -0.349 e. The van der Waals surface area contributed by atoms with Crippen molar-refractivity contribution in [2.45, 2.75) is 38.6 Å². The average Bonchev–Trinajstić information content (AvgIpc) is 3.29. The van der Waals surface area contributed by atoms with Gasteiger partial charge in [0.25, 0.3) is 5.91 Å². The molecule has 2 N–H and O–H groups in total. The number of hydrogen-bond acceptors (Lipinski definition) is 4. The molecule has 5 nitrogen and oxygen atoms in total. The van der Waals surface area contributed by atoms with Gasteiger partial charge in [0.1, 0.15) is 0 Å². The molecule has 3 aromatic rings. The Kier molecular flexibility index (Phi) is 5.45. The Morgan fingerprint density at radius 2 is 1.83 bits per heavy atom. The van der Waals surface area contributed by atoms with Gasteiger partial charge >= 0.3 is 0 Å². The number of aromatic nitrogens is 1. The SMILES string of the molecule is Cc1ccc(C(=O)Nc2nc3c(s2)CCC3C(=O)NC(C)c2ccccc2)cc1. The molecule has 1 aliphatic rings. The van der Waals surface area contributed by atoms with Crippen LogP contribution in [0.2, 0.25) is 0 Å². The van der Waals surface area contributed by atoms with E-state index in [1.807, 2.05) is 56.3 Å².